The van der Waals surface area contributed by atoms with Crippen LogP contribution >= 0.6 is 0 Å². The average Bonchev–Trinajstić information content (AvgIpc) is 2.86. The van der Waals surface area contributed by atoms with E-state index >= 15 is 0 Å². The van der Waals surface area contributed by atoms with Crippen molar-refractivity contribution in [3.63, 3.8) is 0 Å². The molecule has 3 N–H and O–H groups in total. The fourth-order valence-corrected chi connectivity index (χ4v) is 3.45. The molecule has 0 spiro atoms. The smallest absolute Gasteiger partial charge is 0.338 e. The zero-order valence-corrected chi connectivity index (χ0v) is 21.4. The van der Waals surface area contributed by atoms with Crippen molar-refractivity contribution in [2.45, 2.75) is 46.5 Å². The van der Waals surface area contributed by atoms with Gasteiger partial charge in [-0.1, -0.05) is 52.0 Å². The number of esters is 1. The first-order chi connectivity index (χ1) is 17.3. The fraction of sp³-hybridized carbons (Fsp3) is 0.276. The molecule has 3 rings (SSSR count). The molecule has 0 aliphatic heterocycles. The van der Waals surface area contributed by atoms with E-state index in [1.807, 2.05) is 48.5 Å². The van der Waals surface area contributed by atoms with Crippen molar-refractivity contribution in [1.82, 2.24) is 0 Å². The zero-order valence-electron chi connectivity index (χ0n) is 21.4. The van der Waals surface area contributed by atoms with Crippen LogP contribution in [0.3, 0.4) is 0 Å². The topological polar surface area (TPSA) is 95.3 Å². The van der Waals surface area contributed by atoms with E-state index in [0.717, 1.165) is 11.4 Å². The van der Waals surface area contributed by atoms with Crippen LogP contribution in [0.25, 0.3) is 0 Å². The van der Waals surface area contributed by atoms with Crippen LogP contribution in [-0.2, 0) is 4.74 Å². The van der Waals surface area contributed by atoms with Crippen LogP contribution in [0.1, 0.15) is 79.1 Å². The van der Waals surface area contributed by atoms with Crippen LogP contribution in [0, 0.1) is 0 Å². The molecule has 3 aromatic carbocycles. The monoisotopic (exact) mass is 486 g/mol. The number of nitrogens with one attached hydrogen (secondary N) is 2. The molecule has 7 heteroatoms. The average molecular weight is 487 g/mol. The van der Waals surface area contributed by atoms with Gasteiger partial charge >= 0.3 is 5.97 Å². The molecule has 188 valence electrons. The molecule has 0 aromatic heterocycles. The number of rotatable bonds is 10. The van der Waals surface area contributed by atoms with Crippen molar-refractivity contribution in [1.29, 1.82) is 0 Å². The van der Waals surface area contributed by atoms with Crippen LogP contribution in [0.4, 0.5) is 11.4 Å². The van der Waals surface area contributed by atoms with Crippen molar-refractivity contribution in [2.75, 3.05) is 17.5 Å². The highest BCUT2D eigenvalue weighted by atomic mass is 16.5. The van der Waals surface area contributed by atoms with Gasteiger partial charge in [0.05, 0.1) is 36.0 Å². The van der Waals surface area contributed by atoms with E-state index in [0.29, 0.717) is 28.5 Å². The summed E-state index contributed by atoms with van der Waals surface area (Å²) in [4.78, 5) is 12.4. The molecular formula is C29H34N4O3. The zero-order chi connectivity index (χ0) is 26.1. The first-order valence-electron chi connectivity index (χ1n) is 12.1. The van der Waals surface area contributed by atoms with Gasteiger partial charge in [-0.05, 0) is 66.3 Å². The Balaban J connectivity index is 1.80. The van der Waals surface area contributed by atoms with E-state index < -0.39 is 5.97 Å². The van der Waals surface area contributed by atoms with Gasteiger partial charge in [-0.25, -0.2) is 4.79 Å². The van der Waals surface area contributed by atoms with E-state index in [9.17, 15) is 9.90 Å². The van der Waals surface area contributed by atoms with Gasteiger partial charge in [0.25, 0.3) is 0 Å². The Morgan fingerprint density at radius 1 is 0.833 bits per heavy atom. The molecule has 0 heterocycles. The molecule has 0 bridgehead atoms. The molecule has 7 nitrogen and oxygen atoms in total. The third kappa shape index (κ3) is 7.18. The lowest BCUT2D eigenvalue weighted by molar-refractivity contribution is 0.0526. The predicted octanol–water partition coefficient (Wildman–Crippen LogP) is 6.71. The number of hydrogen-bond acceptors (Lipinski definition) is 7. The van der Waals surface area contributed by atoms with Gasteiger partial charge in [0.15, 0.2) is 0 Å². The standard InChI is InChI=1S/C29H34N4O3/c1-6-36-29(35)23-15-24(17-30-32-26-11-7-21(8-12-26)19(2)3)28(34)25(16-23)18-31-33-27-13-9-22(10-14-27)20(4)5/h7-20,32-34H,6H2,1-5H3/b30-17+,31-18+. The summed E-state index contributed by atoms with van der Waals surface area (Å²) in [7, 11) is 0. The lowest BCUT2D eigenvalue weighted by atomic mass is 10.0. The lowest BCUT2D eigenvalue weighted by Gasteiger charge is -2.09. The molecule has 0 aliphatic carbocycles. The summed E-state index contributed by atoms with van der Waals surface area (Å²) in [5, 5.41) is 19.3. The minimum absolute atomic E-state index is 0.0514. The number of anilines is 2. The molecule has 3 aromatic rings. The number of phenols is 1. The minimum atomic E-state index is -0.490. The normalized spacial score (nSPS) is 11.5. The first-order valence-corrected chi connectivity index (χ1v) is 12.1. The number of hydrazone groups is 2. The van der Waals surface area contributed by atoms with Crippen molar-refractivity contribution in [3.05, 3.63) is 88.5 Å². The van der Waals surface area contributed by atoms with Crippen LogP contribution in [0.5, 0.6) is 5.75 Å². The summed E-state index contributed by atoms with van der Waals surface area (Å²) in [5.74, 6) is 0.346. The molecule has 0 saturated heterocycles. The van der Waals surface area contributed by atoms with E-state index in [2.05, 4.69) is 48.7 Å². The van der Waals surface area contributed by atoms with Gasteiger partial charge in [-0.2, -0.15) is 10.2 Å². The Labute approximate surface area is 212 Å². The van der Waals surface area contributed by atoms with Crippen molar-refractivity contribution in [3.8, 4) is 5.75 Å². The van der Waals surface area contributed by atoms with Gasteiger partial charge in [-0.3, -0.25) is 10.9 Å². The molecule has 0 fully saturated rings. The third-order valence-electron chi connectivity index (χ3n) is 5.63. The number of hydrogen-bond donors (Lipinski definition) is 3. The van der Waals surface area contributed by atoms with Gasteiger partial charge in [0, 0.05) is 11.1 Å². The molecule has 0 saturated carbocycles. The second kappa shape index (κ2) is 12.5. The lowest BCUT2D eigenvalue weighted by Crippen LogP contribution is -2.07. The quantitative estimate of drug-likeness (QED) is 0.168. The highest BCUT2D eigenvalue weighted by Gasteiger charge is 2.14. The Morgan fingerprint density at radius 2 is 1.25 bits per heavy atom. The second-order valence-corrected chi connectivity index (χ2v) is 9.02. The number of carbonyl (C=O) groups is 1. The summed E-state index contributed by atoms with van der Waals surface area (Å²) in [6.07, 6.45) is 2.92. The van der Waals surface area contributed by atoms with Crippen molar-refractivity contribution < 1.29 is 14.6 Å². The molecule has 0 unspecified atom stereocenters. The van der Waals surface area contributed by atoms with E-state index in [1.165, 1.54) is 35.7 Å². The van der Waals surface area contributed by atoms with Crippen LogP contribution < -0.4 is 10.9 Å². The number of nitrogens with zero attached hydrogens (tertiary/aromatic N) is 2. The van der Waals surface area contributed by atoms with Gasteiger partial charge in [0.1, 0.15) is 5.75 Å². The summed E-state index contributed by atoms with van der Waals surface area (Å²) in [6, 6.07) is 19.0. The SMILES string of the molecule is CCOC(=O)c1cc(/C=N/Nc2ccc(C(C)C)cc2)c(O)c(/C=N/Nc2ccc(C(C)C)cc2)c1. The number of aromatic hydroxyl groups is 1. The third-order valence-corrected chi connectivity index (χ3v) is 5.63. The maximum atomic E-state index is 12.4. The predicted molar refractivity (Wildman–Crippen MR) is 148 cm³/mol. The van der Waals surface area contributed by atoms with Crippen molar-refractivity contribution >= 4 is 29.8 Å². The summed E-state index contributed by atoms with van der Waals surface area (Å²) in [5.41, 5.74) is 11.0. The highest BCUT2D eigenvalue weighted by Crippen LogP contribution is 2.24. The van der Waals surface area contributed by atoms with Crippen LogP contribution in [0.2, 0.25) is 0 Å². The van der Waals surface area contributed by atoms with Crippen molar-refractivity contribution in [2.24, 2.45) is 10.2 Å². The molecular weight excluding hydrogens is 452 g/mol. The second-order valence-electron chi connectivity index (χ2n) is 9.02. The highest BCUT2D eigenvalue weighted by molar-refractivity contribution is 5.99. The molecule has 0 amide bonds. The Morgan fingerprint density at radius 3 is 1.61 bits per heavy atom. The van der Waals surface area contributed by atoms with Crippen LogP contribution in [0.15, 0.2) is 70.9 Å². The van der Waals surface area contributed by atoms with Crippen LogP contribution in [-0.4, -0.2) is 30.1 Å². The number of phenolic OH excluding ortho intramolecular Hbond substituents is 1. The van der Waals surface area contributed by atoms with Gasteiger partial charge < -0.3 is 9.84 Å². The fourth-order valence-electron chi connectivity index (χ4n) is 3.45. The number of ether oxygens (including phenoxy) is 1. The minimum Gasteiger partial charge on any atom is -0.507 e. The molecule has 0 atom stereocenters. The molecule has 36 heavy (non-hydrogen) atoms. The van der Waals surface area contributed by atoms with E-state index in [1.54, 1.807) is 6.92 Å². The summed E-state index contributed by atoms with van der Waals surface area (Å²) in [6.45, 7) is 10.5. The van der Waals surface area contributed by atoms with Gasteiger partial charge in [0.2, 0.25) is 0 Å². The largest absolute Gasteiger partial charge is 0.507 e. The molecule has 0 aliphatic rings. The summed E-state index contributed by atoms with van der Waals surface area (Å²) < 4.78 is 5.15. The number of carbonyl (C=O) groups excluding carboxylic acids is 1. The number of benzene rings is 3. The Bertz CT molecular complexity index is 1130. The molecule has 0 radical (unpaired) electrons. The maximum Gasteiger partial charge on any atom is 0.338 e. The van der Waals surface area contributed by atoms with E-state index in [-0.39, 0.29) is 12.4 Å². The van der Waals surface area contributed by atoms with Gasteiger partial charge in [-0.15, -0.1) is 0 Å². The van der Waals surface area contributed by atoms with E-state index in [4.69, 9.17) is 4.74 Å². The Kier molecular flexibility index (Phi) is 9.22. The maximum absolute atomic E-state index is 12.4. The summed E-state index contributed by atoms with van der Waals surface area (Å²) >= 11 is 0. The Hall–Kier alpha value is -4.13. The first kappa shape index (κ1) is 26.5.